The summed E-state index contributed by atoms with van der Waals surface area (Å²) in [6, 6.07) is 17.7. The normalized spacial score (nSPS) is 14.8. The lowest BCUT2D eigenvalue weighted by Gasteiger charge is -2.31. The van der Waals surface area contributed by atoms with E-state index in [1.54, 1.807) is 13.4 Å². The van der Waals surface area contributed by atoms with Crippen LogP contribution in [0.25, 0.3) is 10.9 Å². The minimum atomic E-state index is -0.517. The monoisotopic (exact) mass is 538 g/mol. The van der Waals surface area contributed by atoms with Crippen LogP contribution >= 0.6 is 0 Å². The van der Waals surface area contributed by atoms with E-state index in [0.29, 0.717) is 24.5 Å². The zero-order valence-corrected chi connectivity index (χ0v) is 23.1. The summed E-state index contributed by atoms with van der Waals surface area (Å²) in [4.78, 5) is 19.3. The van der Waals surface area contributed by atoms with Gasteiger partial charge in [-0.15, -0.1) is 5.10 Å². The van der Waals surface area contributed by atoms with Gasteiger partial charge in [0.25, 0.3) is 5.56 Å². The zero-order chi connectivity index (χ0) is 27.6. The molecule has 0 spiro atoms. The van der Waals surface area contributed by atoms with E-state index < -0.39 is 6.04 Å². The third kappa shape index (κ3) is 5.16. The van der Waals surface area contributed by atoms with Crippen LogP contribution in [0, 0.1) is 13.8 Å². The Morgan fingerprint density at radius 1 is 1.10 bits per heavy atom. The maximum atomic E-state index is 13.9. The molecule has 9 heteroatoms. The van der Waals surface area contributed by atoms with Crippen LogP contribution in [-0.2, 0) is 13.1 Å². The van der Waals surface area contributed by atoms with Gasteiger partial charge < -0.3 is 14.1 Å². The van der Waals surface area contributed by atoms with Crippen molar-refractivity contribution >= 4 is 10.9 Å². The second kappa shape index (κ2) is 11.1. The Bertz CT molecular complexity index is 1650. The van der Waals surface area contributed by atoms with E-state index >= 15 is 0 Å². The summed E-state index contributed by atoms with van der Waals surface area (Å²) in [7, 11) is 1.66. The molecule has 0 saturated heterocycles. The maximum absolute atomic E-state index is 13.9. The molecule has 0 radical (unpaired) electrons. The van der Waals surface area contributed by atoms with E-state index in [-0.39, 0.29) is 11.6 Å². The summed E-state index contributed by atoms with van der Waals surface area (Å²) < 4.78 is 13.1. The molecule has 1 fully saturated rings. The molecule has 0 aliphatic heterocycles. The number of nitrogens with zero attached hydrogens (tertiary/aromatic N) is 5. The van der Waals surface area contributed by atoms with E-state index in [1.807, 2.05) is 60.1 Å². The van der Waals surface area contributed by atoms with Gasteiger partial charge in [0, 0.05) is 23.0 Å². The first-order valence-corrected chi connectivity index (χ1v) is 13.8. The lowest BCUT2D eigenvalue weighted by Crippen LogP contribution is -2.35. The highest BCUT2D eigenvalue weighted by Crippen LogP contribution is 2.35. The van der Waals surface area contributed by atoms with Gasteiger partial charge in [0.2, 0.25) is 0 Å². The highest BCUT2D eigenvalue weighted by molar-refractivity contribution is 5.83. The SMILES string of the molecule is COc1ccc(CN(Cc2ccco2)C(c2cc3c(C)cc(C)cc3[nH]c2=O)c2nnnn2C2CCCC2)cc1. The maximum Gasteiger partial charge on any atom is 0.253 e. The fourth-order valence-corrected chi connectivity index (χ4v) is 5.99. The van der Waals surface area contributed by atoms with Gasteiger partial charge >= 0.3 is 0 Å². The Balaban J connectivity index is 1.53. The fourth-order valence-electron chi connectivity index (χ4n) is 5.99. The second-order valence-corrected chi connectivity index (χ2v) is 10.8. The van der Waals surface area contributed by atoms with E-state index in [0.717, 1.165) is 64.8 Å². The van der Waals surface area contributed by atoms with Gasteiger partial charge in [0.15, 0.2) is 5.82 Å². The summed E-state index contributed by atoms with van der Waals surface area (Å²) >= 11 is 0. The molecule has 0 bridgehead atoms. The minimum absolute atomic E-state index is 0.150. The third-order valence-electron chi connectivity index (χ3n) is 7.92. The van der Waals surface area contributed by atoms with Crippen molar-refractivity contribution in [3.63, 3.8) is 0 Å². The van der Waals surface area contributed by atoms with Crippen molar-refractivity contribution in [2.45, 2.75) is 64.7 Å². The molecule has 3 heterocycles. The van der Waals surface area contributed by atoms with Crippen molar-refractivity contribution in [2.75, 3.05) is 7.11 Å². The molecule has 5 aromatic rings. The fraction of sp³-hybridized carbons (Fsp3) is 0.355. The lowest BCUT2D eigenvalue weighted by atomic mass is 9.99. The average Bonchev–Trinajstić information content (AvgIpc) is 3.73. The number of nitrogens with one attached hydrogen (secondary N) is 1. The number of furan rings is 1. The van der Waals surface area contributed by atoms with Crippen molar-refractivity contribution in [1.29, 1.82) is 0 Å². The molecule has 0 amide bonds. The van der Waals surface area contributed by atoms with Crippen molar-refractivity contribution in [3.05, 3.63) is 105 Å². The van der Waals surface area contributed by atoms with E-state index in [1.165, 1.54) is 0 Å². The van der Waals surface area contributed by atoms with Gasteiger partial charge in [-0.3, -0.25) is 9.69 Å². The highest BCUT2D eigenvalue weighted by atomic mass is 16.5. The van der Waals surface area contributed by atoms with Gasteiger partial charge in [0.1, 0.15) is 17.6 Å². The standard InChI is InChI=1S/C31H34N6O3/c1-20-15-21(2)26-17-27(31(38)32-28(26)16-20)29(30-33-34-35-37(30)23-7-4-5-8-23)36(19-25-9-6-14-40-25)18-22-10-12-24(39-3)13-11-22/h6,9-17,23,29H,4-5,7-8,18-19H2,1-3H3,(H,32,38). The number of pyridine rings is 1. The van der Waals surface area contributed by atoms with Gasteiger partial charge in [-0.25, -0.2) is 4.68 Å². The van der Waals surface area contributed by atoms with Crippen LogP contribution in [-0.4, -0.2) is 37.2 Å². The van der Waals surface area contributed by atoms with Crippen molar-refractivity contribution < 1.29 is 9.15 Å². The van der Waals surface area contributed by atoms with E-state index in [9.17, 15) is 4.79 Å². The van der Waals surface area contributed by atoms with Crippen LogP contribution in [0.1, 0.15) is 71.6 Å². The molecule has 1 unspecified atom stereocenters. The predicted octanol–water partition coefficient (Wildman–Crippen LogP) is 5.64. The molecule has 1 N–H and O–H groups in total. The number of H-pyrrole nitrogens is 1. The summed E-state index contributed by atoms with van der Waals surface area (Å²) in [5, 5.41) is 14.2. The molecule has 1 saturated carbocycles. The number of tetrazole rings is 1. The van der Waals surface area contributed by atoms with Crippen LogP contribution in [0.15, 0.2) is 70.1 Å². The average molecular weight is 539 g/mol. The lowest BCUT2D eigenvalue weighted by molar-refractivity contribution is 0.176. The smallest absolute Gasteiger partial charge is 0.253 e. The first-order valence-electron chi connectivity index (χ1n) is 13.8. The number of aromatic amines is 1. The molecule has 3 aromatic heterocycles. The van der Waals surface area contributed by atoms with Crippen LogP contribution in [0.4, 0.5) is 0 Å². The molecular formula is C31H34N6O3. The van der Waals surface area contributed by atoms with Gasteiger partial charge in [-0.05, 0) is 90.2 Å². The number of ether oxygens (including phenoxy) is 1. The predicted molar refractivity (Wildman–Crippen MR) is 152 cm³/mol. The Hall–Kier alpha value is -4.24. The molecule has 206 valence electrons. The second-order valence-electron chi connectivity index (χ2n) is 10.8. The van der Waals surface area contributed by atoms with Crippen LogP contribution in [0.2, 0.25) is 0 Å². The molecule has 9 nitrogen and oxygen atoms in total. The Morgan fingerprint density at radius 3 is 2.62 bits per heavy atom. The molecule has 6 rings (SSSR count). The Morgan fingerprint density at radius 2 is 1.90 bits per heavy atom. The minimum Gasteiger partial charge on any atom is -0.497 e. The third-order valence-corrected chi connectivity index (χ3v) is 7.92. The van der Waals surface area contributed by atoms with Crippen molar-refractivity contribution in [1.82, 2.24) is 30.1 Å². The first kappa shape index (κ1) is 26.0. The van der Waals surface area contributed by atoms with E-state index in [4.69, 9.17) is 9.15 Å². The van der Waals surface area contributed by atoms with Gasteiger partial charge in [-0.1, -0.05) is 31.0 Å². The molecule has 1 aliphatic rings. The summed E-state index contributed by atoms with van der Waals surface area (Å²) in [6.45, 7) is 5.12. The molecule has 40 heavy (non-hydrogen) atoms. The largest absolute Gasteiger partial charge is 0.497 e. The molecular weight excluding hydrogens is 504 g/mol. The summed E-state index contributed by atoms with van der Waals surface area (Å²) in [5.41, 5.74) is 4.56. The number of aromatic nitrogens is 5. The van der Waals surface area contributed by atoms with Crippen LogP contribution in [0.3, 0.4) is 0 Å². The highest BCUT2D eigenvalue weighted by Gasteiger charge is 2.34. The topological polar surface area (TPSA) is 102 Å². The van der Waals surface area contributed by atoms with Gasteiger partial charge in [0.05, 0.1) is 26.0 Å². The number of rotatable bonds is 9. The quantitative estimate of drug-likeness (QED) is 0.259. The number of fused-ring (bicyclic) bond motifs is 1. The summed E-state index contributed by atoms with van der Waals surface area (Å²) in [6.07, 6.45) is 6.01. The van der Waals surface area contributed by atoms with Crippen molar-refractivity contribution in [3.8, 4) is 5.75 Å². The Kier molecular flexibility index (Phi) is 7.21. The first-order chi connectivity index (χ1) is 19.5. The number of hydrogen-bond acceptors (Lipinski definition) is 7. The van der Waals surface area contributed by atoms with E-state index in [2.05, 4.69) is 38.4 Å². The van der Waals surface area contributed by atoms with Gasteiger partial charge in [-0.2, -0.15) is 0 Å². The number of benzene rings is 2. The van der Waals surface area contributed by atoms with Crippen molar-refractivity contribution in [2.24, 2.45) is 0 Å². The van der Waals surface area contributed by atoms with Crippen LogP contribution < -0.4 is 10.3 Å². The molecule has 1 atom stereocenters. The molecule has 2 aromatic carbocycles. The number of hydrogen-bond donors (Lipinski definition) is 1. The van der Waals surface area contributed by atoms with Crippen LogP contribution in [0.5, 0.6) is 5.75 Å². The zero-order valence-electron chi connectivity index (χ0n) is 23.1. The number of aryl methyl sites for hydroxylation is 2. The number of methoxy groups -OCH3 is 1. The molecule has 1 aliphatic carbocycles. The summed E-state index contributed by atoms with van der Waals surface area (Å²) in [5.74, 6) is 2.25. The Labute approximate surface area is 232 Å².